The summed E-state index contributed by atoms with van der Waals surface area (Å²) < 4.78 is 39.7. The minimum absolute atomic E-state index is 0.0489. The van der Waals surface area contributed by atoms with Crippen molar-refractivity contribution in [2.75, 3.05) is 6.54 Å². The number of carbonyl (C=O) groups is 1. The molecule has 0 aromatic heterocycles. The average molecular weight is 305 g/mol. The number of rotatable bonds is 6. The maximum Gasteiger partial charge on any atom is 0.573 e. The van der Waals surface area contributed by atoms with Gasteiger partial charge in [-0.3, -0.25) is 4.79 Å². The van der Waals surface area contributed by atoms with Gasteiger partial charge in [0.2, 0.25) is 0 Å². The van der Waals surface area contributed by atoms with E-state index in [4.69, 9.17) is 0 Å². The molecule has 2 atom stereocenters. The Kier molecular flexibility index (Phi) is 6.02. The van der Waals surface area contributed by atoms with Crippen molar-refractivity contribution in [1.82, 2.24) is 5.32 Å². The minimum atomic E-state index is -4.76. The van der Waals surface area contributed by atoms with Crippen LogP contribution in [0.25, 0.3) is 0 Å². The van der Waals surface area contributed by atoms with Crippen LogP contribution < -0.4 is 10.1 Å². The van der Waals surface area contributed by atoms with Crippen LogP contribution in [0, 0.1) is 5.92 Å². The first-order valence-electron chi connectivity index (χ1n) is 6.55. The Morgan fingerprint density at radius 2 is 1.90 bits per heavy atom. The molecule has 0 spiro atoms. The van der Waals surface area contributed by atoms with E-state index in [-0.39, 0.29) is 18.0 Å². The van der Waals surface area contributed by atoms with E-state index in [1.165, 1.54) is 12.1 Å². The fraction of sp³-hybridized carbons (Fsp3) is 0.500. The summed E-state index contributed by atoms with van der Waals surface area (Å²) in [4.78, 5) is 11.8. The summed E-state index contributed by atoms with van der Waals surface area (Å²) >= 11 is 0. The fourth-order valence-electron chi connectivity index (χ4n) is 1.58. The maximum atomic E-state index is 12.0. The number of halogens is 3. The zero-order chi connectivity index (χ0) is 16.0. The smallest absolute Gasteiger partial charge is 0.406 e. The molecule has 0 aliphatic carbocycles. The number of nitrogens with one attached hydrogen (secondary N) is 1. The Labute approximate surface area is 120 Å². The first-order chi connectivity index (χ1) is 9.73. The Morgan fingerprint density at radius 3 is 2.38 bits per heavy atom. The minimum Gasteiger partial charge on any atom is -0.406 e. The molecule has 1 rings (SSSR count). The van der Waals surface area contributed by atoms with Crippen molar-refractivity contribution in [3.63, 3.8) is 0 Å². The van der Waals surface area contributed by atoms with Crippen LogP contribution in [0.3, 0.4) is 0 Å². The van der Waals surface area contributed by atoms with Crippen molar-refractivity contribution in [3.8, 4) is 5.75 Å². The fourth-order valence-corrected chi connectivity index (χ4v) is 1.58. The van der Waals surface area contributed by atoms with Crippen LogP contribution in [0.4, 0.5) is 13.2 Å². The van der Waals surface area contributed by atoms with Gasteiger partial charge in [-0.05, 0) is 30.2 Å². The number of hydrogen-bond donors (Lipinski definition) is 2. The highest BCUT2D eigenvalue weighted by atomic mass is 19.4. The van der Waals surface area contributed by atoms with Crippen LogP contribution in [-0.4, -0.2) is 30.0 Å². The van der Waals surface area contributed by atoms with E-state index in [0.29, 0.717) is 0 Å². The molecule has 0 radical (unpaired) electrons. The molecule has 118 valence electrons. The Hall–Kier alpha value is -1.76. The number of amides is 1. The summed E-state index contributed by atoms with van der Waals surface area (Å²) in [5.74, 6) is -0.803. The van der Waals surface area contributed by atoms with Crippen molar-refractivity contribution < 1.29 is 27.8 Å². The van der Waals surface area contributed by atoms with E-state index in [0.717, 1.165) is 18.6 Å². The van der Waals surface area contributed by atoms with Crippen LogP contribution in [0.15, 0.2) is 24.3 Å². The van der Waals surface area contributed by atoms with Gasteiger partial charge in [0.1, 0.15) is 5.75 Å². The van der Waals surface area contributed by atoms with Gasteiger partial charge in [0.25, 0.3) is 5.91 Å². The van der Waals surface area contributed by atoms with Crippen LogP contribution in [0.5, 0.6) is 5.75 Å². The molecule has 21 heavy (non-hydrogen) atoms. The normalized spacial score (nSPS) is 14.4. The van der Waals surface area contributed by atoms with Crippen LogP contribution in [0.2, 0.25) is 0 Å². The molecule has 2 N–H and O–H groups in total. The van der Waals surface area contributed by atoms with Crippen molar-refractivity contribution in [2.45, 2.75) is 32.7 Å². The number of benzene rings is 1. The SMILES string of the molecule is CCC(C)C(O)CNC(=O)c1ccc(OC(F)(F)F)cc1. The van der Waals surface area contributed by atoms with E-state index in [2.05, 4.69) is 10.1 Å². The Balaban J connectivity index is 2.55. The molecule has 1 amide bonds. The van der Waals surface area contributed by atoms with E-state index in [1.807, 2.05) is 13.8 Å². The van der Waals surface area contributed by atoms with Gasteiger partial charge in [0.05, 0.1) is 6.10 Å². The largest absolute Gasteiger partial charge is 0.573 e. The van der Waals surface area contributed by atoms with Crippen molar-refractivity contribution >= 4 is 5.91 Å². The summed E-state index contributed by atoms with van der Waals surface area (Å²) in [5.41, 5.74) is 0.195. The standard InChI is InChI=1S/C14H18F3NO3/c1-3-9(2)12(19)8-18-13(20)10-4-6-11(7-5-10)21-14(15,16)17/h4-7,9,12,19H,3,8H2,1-2H3,(H,18,20). The third-order valence-electron chi connectivity index (χ3n) is 3.12. The third-order valence-corrected chi connectivity index (χ3v) is 3.12. The Morgan fingerprint density at radius 1 is 1.33 bits per heavy atom. The monoisotopic (exact) mass is 305 g/mol. The second kappa shape index (κ2) is 7.31. The van der Waals surface area contributed by atoms with Gasteiger partial charge in [-0.1, -0.05) is 20.3 Å². The zero-order valence-corrected chi connectivity index (χ0v) is 11.8. The molecule has 0 bridgehead atoms. The highest BCUT2D eigenvalue weighted by Gasteiger charge is 2.31. The topological polar surface area (TPSA) is 58.6 Å². The second-order valence-electron chi connectivity index (χ2n) is 4.74. The molecule has 4 nitrogen and oxygen atoms in total. The molecule has 0 saturated heterocycles. The van der Waals surface area contributed by atoms with Crippen LogP contribution >= 0.6 is 0 Å². The second-order valence-corrected chi connectivity index (χ2v) is 4.74. The first-order valence-corrected chi connectivity index (χ1v) is 6.55. The molecule has 0 fully saturated rings. The Bertz CT molecular complexity index is 460. The molecule has 2 unspecified atom stereocenters. The molecule has 1 aromatic rings. The van der Waals surface area contributed by atoms with Crippen molar-refractivity contribution in [3.05, 3.63) is 29.8 Å². The number of carbonyl (C=O) groups excluding carboxylic acids is 1. The lowest BCUT2D eigenvalue weighted by atomic mass is 10.0. The molecular weight excluding hydrogens is 287 g/mol. The van der Waals surface area contributed by atoms with Gasteiger partial charge >= 0.3 is 6.36 Å². The quantitative estimate of drug-likeness (QED) is 0.849. The lowest BCUT2D eigenvalue weighted by Gasteiger charge is -2.17. The van der Waals surface area contributed by atoms with Crippen molar-refractivity contribution in [1.29, 1.82) is 0 Å². The van der Waals surface area contributed by atoms with Gasteiger partial charge in [-0.15, -0.1) is 13.2 Å². The van der Waals surface area contributed by atoms with Gasteiger partial charge in [-0.2, -0.15) is 0 Å². The maximum absolute atomic E-state index is 12.0. The van der Waals surface area contributed by atoms with Gasteiger partial charge in [-0.25, -0.2) is 0 Å². The molecule has 0 aliphatic rings. The van der Waals surface area contributed by atoms with Gasteiger partial charge < -0.3 is 15.2 Å². The molecular formula is C14H18F3NO3. The summed E-state index contributed by atoms with van der Waals surface area (Å²) in [6.07, 6.45) is -4.64. The summed E-state index contributed by atoms with van der Waals surface area (Å²) in [5, 5.41) is 12.3. The summed E-state index contributed by atoms with van der Waals surface area (Å²) in [6, 6.07) is 4.58. The molecule has 7 heteroatoms. The van der Waals surface area contributed by atoms with Gasteiger partial charge in [0, 0.05) is 12.1 Å². The number of ether oxygens (including phenoxy) is 1. The number of aliphatic hydroxyl groups is 1. The lowest BCUT2D eigenvalue weighted by Crippen LogP contribution is -2.35. The third kappa shape index (κ3) is 6.03. The zero-order valence-electron chi connectivity index (χ0n) is 11.8. The summed E-state index contributed by atoms with van der Waals surface area (Å²) in [6.45, 7) is 3.88. The predicted molar refractivity (Wildman–Crippen MR) is 70.9 cm³/mol. The van der Waals surface area contributed by atoms with Gasteiger partial charge in [0.15, 0.2) is 0 Å². The van der Waals surface area contributed by atoms with E-state index >= 15 is 0 Å². The van der Waals surface area contributed by atoms with Crippen molar-refractivity contribution in [2.24, 2.45) is 5.92 Å². The number of aliphatic hydroxyl groups excluding tert-OH is 1. The molecule has 0 saturated carbocycles. The molecule has 1 aromatic carbocycles. The van der Waals surface area contributed by atoms with E-state index in [1.54, 1.807) is 0 Å². The lowest BCUT2D eigenvalue weighted by molar-refractivity contribution is -0.274. The van der Waals surface area contributed by atoms with E-state index < -0.39 is 24.1 Å². The number of hydrogen-bond acceptors (Lipinski definition) is 3. The molecule has 0 aliphatic heterocycles. The van der Waals surface area contributed by atoms with Crippen LogP contribution in [-0.2, 0) is 0 Å². The highest BCUT2D eigenvalue weighted by Crippen LogP contribution is 2.22. The van der Waals surface area contributed by atoms with Crippen LogP contribution in [0.1, 0.15) is 30.6 Å². The predicted octanol–water partition coefficient (Wildman–Crippen LogP) is 2.72. The number of alkyl halides is 3. The summed E-state index contributed by atoms with van der Waals surface area (Å²) in [7, 11) is 0. The average Bonchev–Trinajstić information content (AvgIpc) is 2.42. The first kappa shape index (κ1) is 17.3. The molecule has 0 heterocycles. The van der Waals surface area contributed by atoms with E-state index in [9.17, 15) is 23.1 Å². The highest BCUT2D eigenvalue weighted by molar-refractivity contribution is 5.94.